The molecule has 0 spiro atoms. The lowest BCUT2D eigenvalue weighted by atomic mass is 9.85. The molecule has 0 aromatic carbocycles. The normalized spacial score (nSPS) is 12.0. The molecule has 15 heavy (non-hydrogen) atoms. The lowest BCUT2D eigenvalue weighted by Crippen LogP contribution is -2.27. The van der Waals surface area contributed by atoms with E-state index in [4.69, 9.17) is 0 Å². The number of nitrogens with zero attached hydrogens (tertiary/aromatic N) is 2. The van der Waals surface area contributed by atoms with Crippen molar-refractivity contribution in [2.45, 2.75) is 46.1 Å². The molecule has 1 aromatic rings. The van der Waals surface area contributed by atoms with Crippen LogP contribution in [0, 0.1) is 0 Å². The van der Waals surface area contributed by atoms with Crippen molar-refractivity contribution in [2.24, 2.45) is 0 Å². The van der Waals surface area contributed by atoms with Gasteiger partial charge in [-0.15, -0.1) is 0 Å². The van der Waals surface area contributed by atoms with Crippen LogP contribution >= 0.6 is 0 Å². The van der Waals surface area contributed by atoms with Gasteiger partial charge in [0, 0.05) is 23.9 Å². The Bertz CT molecular complexity index is 289. The van der Waals surface area contributed by atoms with Crippen LogP contribution in [-0.2, 0) is 12.0 Å². The van der Waals surface area contributed by atoms with Gasteiger partial charge < -0.3 is 5.32 Å². The second kappa shape index (κ2) is 5.31. The van der Waals surface area contributed by atoms with Crippen molar-refractivity contribution in [3.8, 4) is 0 Å². The molecule has 0 bridgehead atoms. The lowest BCUT2D eigenvalue weighted by molar-refractivity contribution is 0.418. The Labute approximate surface area is 92.9 Å². The van der Waals surface area contributed by atoms with E-state index in [0.717, 1.165) is 26.1 Å². The average molecular weight is 209 g/mol. The third kappa shape index (κ3) is 3.06. The summed E-state index contributed by atoms with van der Waals surface area (Å²) in [5.41, 5.74) is 1.54. The first-order valence-corrected chi connectivity index (χ1v) is 5.84. The molecule has 0 amide bonds. The summed E-state index contributed by atoms with van der Waals surface area (Å²) in [6.45, 7) is 11.9. The van der Waals surface area contributed by atoms with Crippen molar-refractivity contribution >= 4 is 0 Å². The van der Waals surface area contributed by atoms with Crippen molar-refractivity contribution in [3.05, 3.63) is 18.0 Å². The molecule has 0 saturated heterocycles. The first-order chi connectivity index (χ1) is 7.11. The van der Waals surface area contributed by atoms with E-state index in [9.17, 15) is 0 Å². The van der Waals surface area contributed by atoms with E-state index in [1.807, 2.05) is 6.20 Å². The van der Waals surface area contributed by atoms with E-state index in [2.05, 4.69) is 48.9 Å². The van der Waals surface area contributed by atoms with Gasteiger partial charge in [0.1, 0.15) is 0 Å². The molecule has 86 valence electrons. The molecule has 0 fully saturated rings. The standard InChI is InChI=1S/C12H23N3/c1-5-13-10-8-12(3,4)11-7-9-14-15(11)6-2/h7,9,13H,5-6,8,10H2,1-4H3. The van der Waals surface area contributed by atoms with Crippen LogP contribution in [0.4, 0.5) is 0 Å². The van der Waals surface area contributed by atoms with Crippen LogP contribution in [0.15, 0.2) is 12.3 Å². The molecule has 3 nitrogen and oxygen atoms in total. The maximum absolute atomic E-state index is 4.33. The Hall–Kier alpha value is -0.830. The van der Waals surface area contributed by atoms with Gasteiger partial charge >= 0.3 is 0 Å². The van der Waals surface area contributed by atoms with Crippen LogP contribution in [0.25, 0.3) is 0 Å². The summed E-state index contributed by atoms with van der Waals surface area (Å²) in [7, 11) is 0. The number of nitrogens with one attached hydrogen (secondary N) is 1. The molecule has 1 rings (SSSR count). The molecule has 0 radical (unpaired) electrons. The quantitative estimate of drug-likeness (QED) is 0.728. The first kappa shape index (κ1) is 12.2. The van der Waals surface area contributed by atoms with Gasteiger partial charge in [-0.1, -0.05) is 20.8 Å². The zero-order valence-electron chi connectivity index (χ0n) is 10.4. The molecule has 0 aliphatic rings. The van der Waals surface area contributed by atoms with Crippen molar-refractivity contribution in [1.82, 2.24) is 15.1 Å². The summed E-state index contributed by atoms with van der Waals surface area (Å²) in [6, 6.07) is 2.13. The van der Waals surface area contributed by atoms with Crippen LogP contribution in [0.1, 0.15) is 39.8 Å². The van der Waals surface area contributed by atoms with E-state index < -0.39 is 0 Å². The summed E-state index contributed by atoms with van der Waals surface area (Å²) >= 11 is 0. The van der Waals surface area contributed by atoms with Gasteiger partial charge in [0.2, 0.25) is 0 Å². The Balaban J connectivity index is 2.67. The molecule has 1 N–H and O–H groups in total. The van der Waals surface area contributed by atoms with Gasteiger partial charge in [-0.2, -0.15) is 5.10 Å². The predicted octanol–water partition coefficient (Wildman–Crippen LogP) is 2.18. The van der Waals surface area contributed by atoms with E-state index in [-0.39, 0.29) is 5.41 Å². The lowest BCUT2D eigenvalue weighted by Gasteiger charge is -2.25. The third-order valence-electron chi connectivity index (χ3n) is 2.89. The van der Waals surface area contributed by atoms with Crippen LogP contribution in [-0.4, -0.2) is 22.9 Å². The van der Waals surface area contributed by atoms with Crippen molar-refractivity contribution in [2.75, 3.05) is 13.1 Å². The highest BCUT2D eigenvalue weighted by Gasteiger charge is 2.23. The maximum Gasteiger partial charge on any atom is 0.0492 e. The summed E-state index contributed by atoms with van der Waals surface area (Å²) in [4.78, 5) is 0. The van der Waals surface area contributed by atoms with Crippen LogP contribution < -0.4 is 5.32 Å². The number of aryl methyl sites for hydroxylation is 1. The van der Waals surface area contributed by atoms with E-state index in [1.54, 1.807) is 0 Å². The zero-order valence-corrected chi connectivity index (χ0v) is 10.4. The second-order valence-corrected chi connectivity index (χ2v) is 4.52. The Kier molecular flexibility index (Phi) is 4.33. The smallest absolute Gasteiger partial charge is 0.0492 e. The minimum Gasteiger partial charge on any atom is -0.317 e. The van der Waals surface area contributed by atoms with Crippen LogP contribution in [0.3, 0.4) is 0 Å². The van der Waals surface area contributed by atoms with Crippen LogP contribution in [0.5, 0.6) is 0 Å². The zero-order chi connectivity index (χ0) is 11.3. The maximum atomic E-state index is 4.33. The summed E-state index contributed by atoms with van der Waals surface area (Å²) in [6.07, 6.45) is 3.04. The monoisotopic (exact) mass is 209 g/mol. The Morgan fingerprint density at radius 1 is 1.40 bits per heavy atom. The fourth-order valence-electron chi connectivity index (χ4n) is 1.87. The summed E-state index contributed by atoms with van der Waals surface area (Å²) < 4.78 is 2.09. The number of hydrogen-bond donors (Lipinski definition) is 1. The van der Waals surface area contributed by atoms with E-state index >= 15 is 0 Å². The molecule has 0 atom stereocenters. The van der Waals surface area contributed by atoms with Gasteiger partial charge in [-0.05, 0) is 32.5 Å². The van der Waals surface area contributed by atoms with Crippen molar-refractivity contribution in [1.29, 1.82) is 0 Å². The fourth-order valence-corrected chi connectivity index (χ4v) is 1.87. The van der Waals surface area contributed by atoms with E-state index in [1.165, 1.54) is 5.69 Å². The van der Waals surface area contributed by atoms with Gasteiger partial charge in [0.25, 0.3) is 0 Å². The first-order valence-electron chi connectivity index (χ1n) is 5.84. The minimum absolute atomic E-state index is 0.203. The van der Waals surface area contributed by atoms with Gasteiger partial charge in [0.15, 0.2) is 0 Å². The predicted molar refractivity (Wildman–Crippen MR) is 64.1 cm³/mol. The number of rotatable bonds is 6. The molecular formula is C12H23N3. The highest BCUT2D eigenvalue weighted by atomic mass is 15.3. The number of hydrogen-bond acceptors (Lipinski definition) is 2. The topological polar surface area (TPSA) is 29.9 Å². The minimum atomic E-state index is 0.203. The van der Waals surface area contributed by atoms with Crippen LogP contribution in [0.2, 0.25) is 0 Å². The molecule has 1 aromatic heterocycles. The number of aromatic nitrogens is 2. The Morgan fingerprint density at radius 3 is 2.73 bits per heavy atom. The van der Waals surface area contributed by atoms with Gasteiger partial charge in [0.05, 0.1) is 0 Å². The molecule has 0 unspecified atom stereocenters. The Morgan fingerprint density at radius 2 is 2.13 bits per heavy atom. The molecule has 0 aliphatic carbocycles. The van der Waals surface area contributed by atoms with Crippen molar-refractivity contribution in [3.63, 3.8) is 0 Å². The highest BCUT2D eigenvalue weighted by Crippen LogP contribution is 2.26. The third-order valence-corrected chi connectivity index (χ3v) is 2.89. The summed E-state index contributed by atoms with van der Waals surface area (Å²) in [5.74, 6) is 0. The average Bonchev–Trinajstić information content (AvgIpc) is 2.66. The molecule has 1 heterocycles. The highest BCUT2D eigenvalue weighted by molar-refractivity contribution is 5.13. The summed E-state index contributed by atoms with van der Waals surface area (Å²) in [5, 5.41) is 7.70. The van der Waals surface area contributed by atoms with E-state index in [0.29, 0.717) is 0 Å². The van der Waals surface area contributed by atoms with Gasteiger partial charge in [-0.3, -0.25) is 4.68 Å². The molecule has 0 aliphatic heterocycles. The van der Waals surface area contributed by atoms with Crippen molar-refractivity contribution < 1.29 is 0 Å². The molecular weight excluding hydrogens is 186 g/mol. The van der Waals surface area contributed by atoms with Gasteiger partial charge in [-0.25, -0.2) is 0 Å². The molecule has 3 heteroatoms. The molecule has 0 saturated carbocycles. The second-order valence-electron chi connectivity index (χ2n) is 4.52. The largest absolute Gasteiger partial charge is 0.317 e. The fraction of sp³-hybridized carbons (Fsp3) is 0.750. The SMILES string of the molecule is CCNCCC(C)(C)c1ccnn1CC.